The van der Waals surface area contributed by atoms with Gasteiger partial charge in [0.2, 0.25) is 0 Å². The van der Waals surface area contributed by atoms with Crippen molar-refractivity contribution >= 4 is 23.3 Å². The van der Waals surface area contributed by atoms with E-state index in [0.29, 0.717) is 24.6 Å². The van der Waals surface area contributed by atoms with Crippen molar-refractivity contribution < 1.29 is 9.53 Å². The highest BCUT2D eigenvalue weighted by Gasteiger charge is 2.30. The average molecular weight is 347 g/mol. The number of nitrogens with zero attached hydrogens (tertiary/aromatic N) is 4. The third-order valence-corrected chi connectivity index (χ3v) is 4.69. The zero-order valence-electron chi connectivity index (χ0n) is 14.0. The van der Waals surface area contributed by atoms with E-state index >= 15 is 0 Å². The largest absolute Gasteiger partial charge is 0.373 e. The second-order valence-electron chi connectivity index (χ2n) is 5.95. The number of hydrogen-bond donors (Lipinski definition) is 1. The number of aromatic nitrogens is 3. The Morgan fingerprint density at radius 1 is 1.46 bits per heavy atom. The van der Waals surface area contributed by atoms with Gasteiger partial charge in [0.15, 0.2) is 0 Å². The highest BCUT2D eigenvalue weighted by Crippen LogP contribution is 2.26. The Morgan fingerprint density at radius 2 is 2.29 bits per heavy atom. The van der Waals surface area contributed by atoms with Crippen LogP contribution in [0.25, 0.3) is 0 Å². The third kappa shape index (κ3) is 3.39. The summed E-state index contributed by atoms with van der Waals surface area (Å²) in [6, 6.07) is 5.75. The fourth-order valence-electron chi connectivity index (χ4n) is 2.65. The summed E-state index contributed by atoms with van der Waals surface area (Å²) in [5.41, 5.74) is 1.59. The predicted molar refractivity (Wildman–Crippen MR) is 92.4 cm³/mol. The molecule has 0 unspecified atom stereocenters. The molecule has 7 nitrogen and oxygen atoms in total. The molecule has 2 aromatic heterocycles. The van der Waals surface area contributed by atoms with Crippen LogP contribution in [-0.2, 0) is 4.74 Å². The number of carbonyl (C=O) groups excluding carboxylic acids is 1. The fraction of sp³-hybridized carbons (Fsp3) is 0.500. The standard InChI is InChI=1S/C16H21N5O2S/c1-10(2)14-15(24-20-19-14)16(22)21-7-8-23-12(9-21)11-5-4-6-13(17-3)18-11/h4-6,10,12H,7-9H2,1-3H3,(H,17,18)/t12-/m0/s1. The number of hydrogen-bond acceptors (Lipinski definition) is 7. The van der Waals surface area contributed by atoms with Crippen molar-refractivity contribution in [1.29, 1.82) is 0 Å². The maximum absolute atomic E-state index is 12.9. The van der Waals surface area contributed by atoms with Crippen molar-refractivity contribution in [3.63, 3.8) is 0 Å². The smallest absolute Gasteiger partial charge is 0.267 e. The Hall–Kier alpha value is -2.06. The maximum atomic E-state index is 12.9. The first-order valence-electron chi connectivity index (χ1n) is 7.98. The molecule has 1 amide bonds. The molecule has 1 saturated heterocycles. The van der Waals surface area contributed by atoms with Gasteiger partial charge in [0, 0.05) is 13.6 Å². The van der Waals surface area contributed by atoms with Gasteiger partial charge in [-0.2, -0.15) is 0 Å². The van der Waals surface area contributed by atoms with Crippen LogP contribution in [0, 0.1) is 0 Å². The lowest BCUT2D eigenvalue weighted by atomic mass is 10.1. The Morgan fingerprint density at radius 3 is 3.04 bits per heavy atom. The lowest BCUT2D eigenvalue weighted by Gasteiger charge is -2.32. The minimum absolute atomic E-state index is 0.0215. The minimum Gasteiger partial charge on any atom is -0.373 e. The normalized spacial score (nSPS) is 18.0. The molecular formula is C16H21N5O2S. The molecular weight excluding hydrogens is 326 g/mol. The van der Waals surface area contributed by atoms with E-state index in [1.165, 1.54) is 0 Å². The Balaban J connectivity index is 1.77. The van der Waals surface area contributed by atoms with Crippen molar-refractivity contribution in [3.05, 3.63) is 34.5 Å². The van der Waals surface area contributed by atoms with E-state index in [0.717, 1.165) is 28.7 Å². The second-order valence-corrected chi connectivity index (χ2v) is 6.70. The average Bonchev–Trinajstić information content (AvgIpc) is 3.11. The number of carbonyl (C=O) groups is 1. The molecule has 1 fully saturated rings. The van der Waals surface area contributed by atoms with Gasteiger partial charge in [0.1, 0.15) is 16.8 Å². The van der Waals surface area contributed by atoms with Crippen molar-refractivity contribution in [1.82, 2.24) is 19.5 Å². The quantitative estimate of drug-likeness (QED) is 0.914. The van der Waals surface area contributed by atoms with Crippen LogP contribution in [-0.4, -0.2) is 52.1 Å². The van der Waals surface area contributed by atoms with Crippen molar-refractivity contribution in [2.45, 2.75) is 25.9 Å². The summed E-state index contributed by atoms with van der Waals surface area (Å²) in [4.78, 5) is 19.8. The van der Waals surface area contributed by atoms with Crippen LogP contribution >= 0.6 is 11.5 Å². The molecule has 0 bridgehead atoms. The molecule has 1 aliphatic rings. The first-order chi connectivity index (χ1) is 11.6. The molecule has 1 atom stereocenters. The number of rotatable bonds is 4. The van der Waals surface area contributed by atoms with E-state index in [9.17, 15) is 4.79 Å². The monoisotopic (exact) mass is 347 g/mol. The van der Waals surface area contributed by atoms with Crippen molar-refractivity contribution in [2.75, 3.05) is 32.1 Å². The van der Waals surface area contributed by atoms with Gasteiger partial charge in [-0.15, -0.1) is 5.10 Å². The van der Waals surface area contributed by atoms with E-state index in [-0.39, 0.29) is 17.9 Å². The highest BCUT2D eigenvalue weighted by atomic mass is 32.1. The van der Waals surface area contributed by atoms with Gasteiger partial charge in [0.05, 0.1) is 24.5 Å². The predicted octanol–water partition coefficient (Wildman–Crippen LogP) is 2.31. The summed E-state index contributed by atoms with van der Waals surface area (Å²) < 4.78 is 9.78. The first-order valence-corrected chi connectivity index (χ1v) is 8.75. The van der Waals surface area contributed by atoms with Crippen LogP contribution in [0.3, 0.4) is 0 Å². The molecule has 0 spiro atoms. The molecule has 8 heteroatoms. The van der Waals surface area contributed by atoms with Crippen molar-refractivity contribution in [3.8, 4) is 0 Å². The summed E-state index contributed by atoms with van der Waals surface area (Å²) >= 11 is 1.16. The molecule has 0 radical (unpaired) electrons. The molecule has 128 valence electrons. The Labute approximate surface area is 145 Å². The lowest BCUT2D eigenvalue weighted by molar-refractivity contribution is -0.0245. The van der Waals surface area contributed by atoms with Crippen molar-refractivity contribution in [2.24, 2.45) is 0 Å². The summed E-state index contributed by atoms with van der Waals surface area (Å²) in [5.74, 6) is 0.939. The zero-order chi connectivity index (χ0) is 17.1. The van der Waals surface area contributed by atoms with Crippen LogP contribution in [0.4, 0.5) is 5.82 Å². The number of morpholine rings is 1. The molecule has 1 N–H and O–H groups in total. The van der Waals surface area contributed by atoms with Crippen LogP contribution in [0.1, 0.15) is 46.9 Å². The molecule has 0 aliphatic carbocycles. The van der Waals surface area contributed by atoms with E-state index in [1.54, 1.807) is 0 Å². The number of ether oxygens (including phenoxy) is 1. The number of nitrogens with one attached hydrogen (secondary N) is 1. The molecule has 0 saturated carbocycles. The summed E-state index contributed by atoms with van der Waals surface area (Å²) in [6.07, 6.45) is -0.223. The van der Waals surface area contributed by atoms with Crippen LogP contribution in [0.5, 0.6) is 0 Å². The van der Waals surface area contributed by atoms with Gasteiger partial charge in [-0.3, -0.25) is 4.79 Å². The molecule has 1 aliphatic heterocycles. The zero-order valence-corrected chi connectivity index (χ0v) is 14.8. The summed E-state index contributed by atoms with van der Waals surface area (Å²) in [7, 11) is 1.83. The van der Waals surface area contributed by atoms with Gasteiger partial charge < -0.3 is 15.0 Å². The van der Waals surface area contributed by atoms with Gasteiger partial charge in [-0.1, -0.05) is 24.4 Å². The van der Waals surface area contributed by atoms with Gasteiger partial charge in [-0.25, -0.2) is 4.98 Å². The molecule has 3 rings (SSSR count). The molecule has 0 aromatic carbocycles. The number of amides is 1. The minimum atomic E-state index is -0.223. The van der Waals surface area contributed by atoms with E-state index in [4.69, 9.17) is 4.74 Å². The van der Waals surface area contributed by atoms with Crippen LogP contribution in [0.15, 0.2) is 18.2 Å². The van der Waals surface area contributed by atoms with Crippen LogP contribution in [0.2, 0.25) is 0 Å². The van der Waals surface area contributed by atoms with Crippen LogP contribution < -0.4 is 5.32 Å². The lowest BCUT2D eigenvalue weighted by Crippen LogP contribution is -2.42. The van der Waals surface area contributed by atoms with E-state index < -0.39 is 0 Å². The Kier molecular flexibility index (Phi) is 5.06. The maximum Gasteiger partial charge on any atom is 0.267 e. The van der Waals surface area contributed by atoms with Gasteiger partial charge in [-0.05, 0) is 29.6 Å². The second kappa shape index (κ2) is 7.23. The number of pyridine rings is 1. The fourth-order valence-corrected chi connectivity index (χ4v) is 3.44. The van der Waals surface area contributed by atoms with E-state index in [2.05, 4.69) is 19.9 Å². The molecule has 3 heterocycles. The third-order valence-electron chi connectivity index (χ3n) is 3.96. The Bertz CT molecular complexity index is 718. The number of anilines is 1. The van der Waals surface area contributed by atoms with E-state index in [1.807, 2.05) is 44.0 Å². The molecule has 24 heavy (non-hydrogen) atoms. The molecule has 2 aromatic rings. The van der Waals surface area contributed by atoms with Gasteiger partial charge in [0.25, 0.3) is 5.91 Å². The highest BCUT2D eigenvalue weighted by molar-refractivity contribution is 7.08. The summed E-state index contributed by atoms with van der Waals surface area (Å²) in [5, 5.41) is 7.12. The summed E-state index contributed by atoms with van der Waals surface area (Å²) in [6.45, 7) is 5.57. The first kappa shape index (κ1) is 16.8. The topological polar surface area (TPSA) is 80.2 Å². The SMILES string of the molecule is CNc1cccc([C@@H]2CN(C(=O)c3snnc3C(C)C)CCO2)n1. The van der Waals surface area contributed by atoms with Gasteiger partial charge >= 0.3 is 0 Å².